The van der Waals surface area contributed by atoms with Crippen LogP contribution in [-0.4, -0.2) is 41.9 Å². The molecule has 3 rings (SSSR count). The Morgan fingerprint density at radius 2 is 1.93 bits per heavy atom. The van der Waals surface area contributed by atoms with Crippen molar-refractivity contribution in [1.82, 2.24) is 15.5 Å². The van der Waals surface area contributed by atoms with Crippen molar-refractivity contribution >= 4 is 17.8 Å². The van der Waals surface area contributed by atoms with Crippen molar-refractivity contribution in [3.05, 3.63) is 29.8 Å². The number of nitrogens with one attached hydrogen (secondary N) is 2. The number of nitrogens with zero attached hydrogens (tertiary/aromatic N) is 1. The Kier molecular flexibility index (Phi) is 6.04. The molecule has 1 heterocycles. The van der Waals surface area contributed by atoms with Crippen LogP contribution in [0.25, 0.3) is 0 Å². The van der Waals surface area contributed by atoms with Gasteiger partial charge in [0.15, 0.2) is 0 Å². The van der Waals surface area contributed by atoms with Gasteiger partial charge in [-0.05, 0) is 43.4 Å². The quantitative estimate of drug-likeness (QED) is 0.708. The fourth-order valence-corrected chi connectivity index (χ4v) is 3.93. The summed E-state index contributed by atoms with van der Waals surface area (Å²) in [6.07, 6.45) is 4.11. The van der Waals surface area contributed by atoms with Crippen LogP contribution in [0.2, 0.25) is 0 Å². The minimum atomic E-state index is -2.95. The number of benzene rings is 1. The second-order valence-electron chi connectivity index (χ2n) is 7.79. The van der Waals surface area contributed by atoms with Gasteiger partial charge >= 0.3 is 12.6 Å². The van der Waals surface area contributed by atoms with E-state index in [0.717, 1.165) is 30.6 Å². The summed E-state index contributed by atoms with van der Waals surface area (Å²) in [5, 5.41) is 5.52. The van der Waals surface area contributed by atoms with Crippen LogP contribution in [0.1, 0.15) is 45.1 Å². The van der Waals surface area contributed by atoms with Gasteiger partial charge in [-0.2, -0.15) is 8.78 Å². The molecule has 7 nitrogen and oxygen atoms in total. The molecule has 0 aromatic heterocycles. The Labute approximate surface area is 167 Å². The largest absolute Gasteiger partial charge is 0.435 e. The fourth-order valence-electron chi connectivity index (χ4n) is 3.93. The number of urea groups is 1. The second-order valence-corrected chi connectivity index (χ2v) is 7.79. The molecule has 1 saturated carbocycles. The topological polar surface area (TPSA) is 87.7 Å². The molecule has 2 N–H and O–H groups in total. The van der Waals surface area contributed by atoms with Gasteiger partial charge in [0.1, 0.15) is 17.8 Å². The van der Waals surface area contributed by atoms with Crippen molar-refractivity contribution in [1.29, 1.82) is 0 Å². The van der Waals surface area contributed by atoms with Gasteiger partial charge in [-0.25, -0.2) is 4.79 Å². The zero-order chi connectivity index (χ0) is 21.2. The number of carbonyl (C=O) groups is 3. The molecule has 158 valence electrons. The summed E-state index contributed by atoms with van der Waals surface area (Å²) in [5.41, 5.74) is -0.986. The van der Waals surface area contributed by atoms with E-state index >= 15 is 0 Å². The maximum atomic E-state index is 12.9. The minimum Gasteiger partial charge on any atom is -0.435 e. The molecule has 3 atom stereocenters. The van der Waals surface area contributed by atoms with Crippen LogP contribution in [0.4, 0.5) is 13.6 Å². The minimum absolute atomic E-state index is 0.0470. The highest BCUT2D eigenvalue weighted by Gasteiger charge is 2.49. The van der Waals surface area contributed by atoms with Crippen LogP contribution in [-0.2, 0) is 15.1 Å². The number of halogens is 2. The summed E-state index contributed by atoms with van der Waals surface area (Å²) in [4.78, 5) is 38.6. The van der Waals surface area contributed by atoms with Crippen molar-refractivity contribution in [3.8, 4) is 5.75 Å². The molecular weight excluding hydrogens is 384 g/mol. The zero-order valence-corrected chi connectivity index (χ0v) is 16.4. The number of amides is 4. The fraction of sp³-hybridized carbons (Fsp3) is 0.550. The summed E-state index contributed by atoms with van der Waals surface area (Å²) in [6, 6.07) is 4.84. The molecule has 1 aliphatic carbocycles. The lowest BCUT2D eigenvalue weighted by Crippen LogP contribution is -2.47. The van der Waals surface area contributed by atoms with Crippen LogP contribution in [0, 0.1) is 5.92 Å². The molecule has 0 spiro atoms. The smallest absolute Gasteiger partial charge is 0.387 e. The number of alkyl halides is 2. The lowest BCUT2D eigenvalue weighted by Gasteiger charge is -2.30. The highest BCUT2D eigenvalue weighted by molar-refractivity contribution is 6.09. The van der Waals surface area contributed by atoms with E-state index in [9.17, 15) is 23.2 Å². The number of ether oxygens (including phenoxy) is 1. The molecule has 1 saturated heterocycles. The second kappa shape index (κ2) is 8.34. The van der Waals surface area contributed by atoms with Gasteiger partial charge in [0, 0.05) is 6.04 Å². The van der Waals surface area contributed by atoms with E-state index in [1.807, 2.05) is 0 Å². The Morgan fingerprint density at radius 3 is 2.55 bits per heavy atom. The number of hydrogen-bond acceptors (Lipinski definition) is 4. The van der Waals surface area contributed by atoms with Gasteiger partial charge in [-0.1, -0.05) is 31.9 Å². The average Bonchev–Trinajstić information content (AvgIpc) is 2.88. The monoisotopic (exact) mass is 409 g/mol. The first-order chi connectivity index (χ1) is 13.7. The van der Waals surface area contributed by atoms with E-state index < -0.39 is 24.1 Å². The van der Waals surface area contributed by atoms with Crippen LogP contribution in [0.3, 0.4) is 0 Å². The van der Waals surface area contributed by atoms with Gasteiger partial charge < -0.3 is 15.4 Å². The van der Waals surface area contributed by atoms with Crippen LogP contribution in [0.15, 0.2) is 24.3 Å². The predicted molar refractivity (Wildman–Crippen MR) is 100 cm³/mol. The summed E-state index contributed by atoms with van der Waals surface area (Å²) in [5.74, 6) is -0.647. The third-order valence-corrected chi connectivity index (χ3v) is 5.69. The van der Waals surface area contributed by atoms with Crippen LogP contribution < -0.4 is 15.4 Å². The maximum absolute atomic E-state index is 12.9. The summed E-state index contributed by atoms with van der Waals surface area (Å²) in [6.45, 7) is 0.272. The molecule has 0 bridgehead atoms. The number of imide groups is 1. The molecule has 0 radical (unpaired) electrons. The Balaban J connectivity index is 1.67. The van der Waals surface area contributed by atoms with E-state index in [-0.39, 0.29) is 24.2 Å². The standard InChI is InChI=1S/C20H25F2N3O4/c1-12-5-3-4-6-15(12)23-16(26)11-25-17(27)20(2,24-19(25)28)13-7-9-14(10-8-13)29-18(21)22/h7-10,12,15,18H,3-6,11H2,1-2H3,(H,23,26)(H,24,28)/t12-,15-,20-/m1/s1. The van der Waals surface area contributed by atoms with Crippen molar-refractivity contribution in [2.24, 2.45) is 5.92 Å². The average molecular weight is 409 g/mol. The molecular formula is C20H25F2N3O4. The lowest BCUT2D eigenvalue weighted by atomic mass is 9.86. The molecule has 29 heavy (non-hydrogen) atoms. The first-order valence-corrected chi connectivity index (χ1v) is 9.69. The number of rotatable bonds is 6. The Hall–Kier alpha value is -2.71. The van der Waals surface area contributed by atoms with E-state index in [0.29, 0.717) is 11.5 Å². The van der Waals surface area contributed by atoms with Crippen molar-refractivity contribution in [3.63, 3.8) is 0 Å². The molecule has 2 fully saturated rings. The molecule has 1 aliphatic heterocycles. The van der Waals surface area contributed by atoms with Gasteiger partial charge in [0.2, 0.25) is 5.91 Å². The van der Waals surface area contributed by atoms with Crippen molar-refractivity contribution in [2.75, 3.05) is 6.54 Å². The normalized spacial score (nSPS) is 27.1. The van der Waals surface area contributed by atoms with E-state index in [1.165, 1.54) is 31.2 Å². The van der Waals surface area contributed by atoms with Crippen molar-refractivity contribution < 1.29 is 27.9 Å². The van der Waals surface area contributed by atoms with Crippen LogP contribution >= 0.6 is 0 Å². The van der Waals surface area contributed by atoms with E-state index in [1.54, 1.807) is 0 Å². The van der Waals surface area contributed by atoms with Gasteiger partial charge in [0.25, 0.3) is 5.91 Å². The summed E-state index contributed by atoms with van der Waals surface area (Å²) >= 11 is 0. The zero-order valence-electron chi connectivity index (χ0n) is 16.4. The molecule has 1 aromatic rings. The summed E-state index contributed by atoms with van der Waals surface area (Å²) in [7, 11) is 0. The Bertz CT molecular complexity index is 786. The molecule has 9 heteroatoms. The molecule has 0 unspecified atom stereocenters. The van der Waals surface area contributed by atoms with Crippen LogP contribution in [0.5, 0.6) is 5.75 Å². The van der Waals surface area contributed by atoms with E-state index in [4.69, 9.17) is 0 Å². The van der Waals surface area contributed by atoms with E-state index in [2.05, 4.69) is 22.3 Å². The highest BCUT2D eigenvalue weighted by atomic mass is 19.3. The third kappa shape index (κ3) is 4.49. The molecule has 1 aromatic carbocycles. The number of hydrogen-bond donors (Lipinski definition) is 2. The lowest BCUT2D eigenvalue weighted by molar-refractivity contribution is -0.135. The first-order valence-electron chi connectivity index (χ1n) is 9.69. The molecule has 2 aliphatic rings. The SMILES string of the molecule is C[C@@H]1CCCC[C@H]1NC(=O)CN1C(=O)N[C@](C)(c2ccc(OC(F)F)cc2)C1=O. The summed E-state index contributed by atoms with van der Waals surface area (Å²) < 4.78 is 28.9. The van der Waals surface area contributed by atoms with Gasteiger partial charge in [0.05, 0.1) is 0 Å². The van der Waals surface area contributed by atoms with Gasteiger partial charge in [-0.15, -0.1) is 0 Å². The first kappa shape index (κ1) is 21.0. The highest BCUT2D eigenvalue weighted by Crippen LogP contribution is 2.30. The third-order valence-electron chi connectivity index (χ3n) is 5.69. The predicted octanol–water partition coefficient (Wildman–Crippen LogP) is 2.75. The Morgan fingerprint density at radius 1 is 1.28 bits per heavy atom. The number of carbonyl (C=O) groups excluding carboxylic acids is 3. The van der Waals surface area contributed by atoms with Crippen molar-refractivity contribution in [2.45, 2.75) is 57.7 Å². The molecule has 4 amide bonds. The maximum Gasteiger partial charge on any atom is 0.387 e. The van der Waals surface area contributed by atoms with Gasteiger partial charge in [-0.3, -0.25) is 14.5 Å².